The Morgan fingerprint density at radius 1 is 1.50 bits per heavy atom. The van der Waals surface area contributed by atoms with Gasteiger partial charge in [-0.05, 0) is 25.2 Å². The predicted molar refractivity (Wildman–Crippen MR) is 71.7 cm³/mol. The Bertz CT molecular complexity index is 207. The molecule has 0 aromatic carbocycles. The van der Waals surface area contributed by atoms with Crippen LogP contribution in [0.1, 0.15) is 33.1 Å². The summed E-state index contributed by atoms with van der Waals surface area (Å²) < 4.78 is 0. The van der Waals surface area contributed by atoms with Gasteiger partial charge < -0.3 is 10.6 Å². The summed E-state index contributed by atoms with van der Waals surface area (Å²) in [5.74, 6) is 0.512. The van der Waals surface area contributed by atoms with E-state index in [4.69, 9.17) is 5.73 Å². The molecule has 0 aromatic heterocycles. The minimum atomic E-state index is -0.348. The molecule has 1 amide bonds. The second-order valence-electron chi connectivity index (χ2n) is 4.43. The number of amides is 1. The first-order chi connectivity index (χ1) is 6.99. The molecule has 0 aliphatic rings. The molecule has 3 nitrogen and oxygen atoms in total. The molecule has 4 heteroatoms. The average molecular weight is 249 g/mol. The quantitative estimate of drug-likeness (QED) is 0.555. The maximum atomic E-state index is 11.7. The molecule has 0 fully saturated rings. The van der Waals surface area contributed by atoms with Crippen LogP contribution in [0.2, 0.25) is 0 Å². The molecular weight excluding hydrogens is 224 g/mol. The highest BCUT2D eigenvalue weighted by Gasteiger charge is 2.18. The number of rotatable bonds is 7. The summed E-state index contributed by atoms with van der Waals surface area (Å²) in [5.41, 5.74) is 5.81. The fraction of sp³-hybridized carbons (Fsp3) is 0.750. The maximum Gasteiger partial charge on any atom is 0.239 e. The van der Waals surface area contributed by atoms with Crippen LogP contribution in [0.5, 0.6) is 0 Å². The fourth-order valence-electron chi connectivity index (χ4n) is 1.47. The topological polar surface area (TPSA) is 46.3 Å². The van der Waals surface area contributed by atoms with E-state index >= 15 is 0 Å². The summed E-state index contributed by atoms with van der Waals surface area (Å²) in [6, 6.07) is -0.348. The number of carbonyl (C=O) groups is 1. The van der Waals surface area contributed by atoms with Gasteiger partial charge in [-0.25, -0.2) is 0 Å². The predicted octanol–water partition coefficient (Wildman–Crippen LogP) is 2.21. The highest BCUT2D eigenvalue weighted by Crippen LogP contribution is 2.05. The van der Waals surface area contributed by atoms with E-state index in [9.17, 15) is 4.79 Å². The van der Waals surface area contributed by atoms with Crippen molar-refractivity contribution in [3.8, 4) is 0 Å². The van der Waals surface area contributed by atoms with Crippen molar-refractivity contribution >= 4 is 18.3 Å². The molecule has 0 unspecified atom stereocenters. The van der Waals surface area contributed by atoms with E-state index in [1.165, 1.54) is 0 Å². The molecule has 0 aliphatic carbocycles. The van der Waals surface area contributed by atoms with E-state index in [0.717, 1.165) is 25.8 Å². The highest BCUT2D eigenvalue weighted by atomic mass is 35.5. The van der Waals surface area contributed by atoms with Crippen molar-refractivity contribution in [2.24, 2.45) is 11.7 Å². The van der Waals surface area contributed by atoms with E-state index < -0.39 is 0 Å². The number of allylic oxidation sites excluding steroid dienone is 1. The molecule has 0 aliphatic heterocycles. The zero-order valence-electron chi connectivity index (χ0n) is 10.6. The van der Waals surface area contributed by atoms with Gasteiger partial charge >= 0.3 is 0 Å². The van der Waals surface area contributed by atoms with Crippen molar-refractivity contribution in [3.63, 3.8) is 0 Å². The molecule has 0 bridgehead atoms. The van der Waals surface area contributed by atoms with Crippen LogP contribution in [-0.2, 0) is 4.79 Å². The lowest BCUT2D eigenvalue weighted by Gasteiger charge is -2.22. The normalized spacial score (nSPS) is 11.8. The van der Waals surface area contributed by atoms with Crippen molar-refractivity contribution in [3.05, 3.63) is 12.7 Å². The van der Waals surface area contributed by atoms with E-state index in [2.05, 4.69) is 20.4 Å². The van der Waals surface area contributed by atoms with Crippen LogP contribution in [0.25, 0.3) is 0 Å². The number of hydrogen-bond donors (Lipinski definition) is 1. The first kappa shape index (κ1) is 17.8. The lowest BCUT2D eigenvalue weighted by atomic mass is 10.0. The summed E-state index contributed by atoms with van der Waals surface area (Å²) in [6.45, 7) is 8.56. The zero-order chi connectivity index (χ0) is 11.8. The summed E-state index contributed by atoms with van der Waals surface area (Å²) in [6.07, 6.45) is 4.52. The van der Waals surface area contributed by atoms with Crippen molar-refractivity contribution in [2.75, 3.05) is 13.6 Å². The molecule has 0 spiro atoms. The largest absolute Gasteiger partial charge is 0.344 e. The van der Waals surface area contributed by atoms with Crippen molar-refractivity contribution < 1.29 is 4.79 Å². The first-order valence-corrected chi connectivity index (χ1v) is 5.60. The Morgan fingerprint density at radius 2 is 2.06 bits per heavy atom. The van der Waals surface area contributed by atoms with Gasteiger partial charge in [-0.1, -0.05) is 19.9 Å². The third-order valence-corrected chi connectivity index (χ3v) is 2.32. The molecule has 0 rings (SSSR count). The minimum Gasteiger partial charge on any atom is -0.344 e. The van der Waals surface area contributed by atoms with Crippen LogP contribution in [0.3, 0.4) is 0 Å². The molecule has 0 saturated heterocycles. The number of likely N-dealkylation sites (N-methyl/N-ethyl adjacent to an activating group) is 1. The van der Waals surface area contributed by atoms with Gasteiger partial charge in [0, 0.05) is 13.6 Å². The third-order valence-electron chi connectivity index (χ3n) is 2.32. The van der Waals surface area contributed by atoms with E-state index in [-0.39, 0.29) is 24.4 Å². The van der Waals surface area contributed by atoms with Crippen LogP contribution in [0.15, 0.2) is 12.7 Å². The van der Waals surface area contributed by atoms with Gasteiger partial charge in [0.25, 0.3) is 0 Å². The van der Waals surface area contributed by atoms with Crippen LogP contribution in [-0.4, -0.2) is 30.4 Å². The van der Waals surface area contributed by atoms with Gasteiger partial charge in [0.1, 0.15) is 0 Å². The van der Waals surface area contributed by atoms with E-state index in [1.54, 1.807) is 4.90 Å². The molecule has 0 aromatic rings. The number of hydrogen-bond acceptors (Lipinski definition) is 2. The van der Waals surface area contributed by atoms with E-state index in [1.807, 2.05) is 13.1 Å². The maximum absolute atomic E-state index is 11.7. The number of halogens is 1. The summed E-state index contributed by atoms with van der Waals surface area (Å²) in [4.78, 5) is 13.5. The Kier molecular flexibility index (Phi) is 10.8. The van der Waals surface area contributed by atoms with E-state index in [0.29, 0.717) is 5.92 Å². The van der Waals surface area contributed by atoms with Crippen LogP contribution < -0.4 is 5.73 Å². The molecule has 1 atom stereocenters. The average Bonchev–Trinajstić information content (AvgIpc) is 2.15. The third kappa shape index (κ3) is 7.71. The Morgan fingerprint density at radius 3 is 2.50 bits per heavy atom. The first-order valence-electron chi connectivity index (χ1n) is 5.60. The molecule has 96 valence electrons. The lowest BCUT2D eigenvalue weighted by Crippen LogP contribution is -2.42. The molecule has 0 saturated carbocycles. The van der Waals surface area contributed by atoms with Crippen molar-refractivity contribution in [1.29, 1.82) is 0 Å². The molecule has 0 heterocycles. The lowest BCUT2D eigenvalue weighted by molar-refractivity contribution is -0.131. The van der Waals surface area contributed by atoms with Crippen LogP contribution >= 0.6 is 12.4 Å². The number of unbranched alkanes of at least 4 members (excludes halogenated alkanes) is 1. The van der Waals surface area contributed by atoms with Crippen LogP contribution in [0, 0.1) is 5.92 Å². The number of nitrogens with zero attached hydrogens (tertiary/aromatic N) is 1. The summed E-state index contributed by atoms with van der Waals surface area (Å²) in [7, 11) is 1.81. The molecule has 2 N–H and O–H groups in total. The standard InChI is InChI=1S/C12H24N2O.ClH/c1-5-6-7-8-14(4)12(15)11(13)9-10(2)3;/h5,10-11H,1,6-9,13H2,2-4H3;1H/t11-;/m0./s1. The van der Waals surface area contributed by atoms with Gasteiger partial charge in [0.15, 0.2) is 0 Å². The van der Waals surface area contributed by atoms with Crippen molar-refractivity contribution in [1.82, 2.24) is 4.90 Å². The zero-order valence-corrected chi connectivity index (χ0v) is 11.4. The fourth-order valence-corrected chi connectivity index (χ4v) is 1.47. The molecule has 16 heavy (non-hydrogen) atoms. The smallest absolute Gasteiger partial charge is 0.239 e. The highest BCUT2D eigenvalue weighted by molar-refractivity contribution is 5.85. The van der Waals surface area contributed by atoms with Gasteiger partial charge in [-0.3, -0.25) is 4.79 Å². The van der Waals surface area contributed by atoms with Gasteiger partial charge in [-0.2, -0.15) is 0 Å². The minimum absolute atomic E-state index is 0. The second-order valence-corrected chi connectivity index (χ2v) is 4.43. The summed E-state index contributed by atoms with van der Waals surface area (Å²) in [5, 5.41) is 0. The van der Waals surface area contributed by atoms with Crippen molar-refractivity contribution in [2.45, 2.75) is 39.2 Å². The van der Waals surface area contributed by atoms with Gasteiger partial charge in [0.2, 0.25) is 5.91 Å². The SMILES string of the molecule is C=CCCCN(C)C(=O)[C@@H](N)CC(C)C.Cl. The van der Waals surface area contributed by atoms with Gasteiger partial charge in [0.05, 0.1) is 6.04 Å². The van der Waals surface area contributed by atoms with Gasteiger partial charge in [-0.15, -0.1) is 19.0 Å². The number of carbonyl (C=O) groups excluding carboxylic acids is 1. The Labute approximate surface area is 105 Å². The number of nitrogens with two attached hydrogens (primary N) is 1. The summed E-state index contributed by atoms with van der Waals surface area (Å²) >= 11 is 0. The molecular formula is C12H25ClN2O. The monoisotopic (exact) mass is 248 g/mol. The Hall–Kier alpha value is -0.540. The van der Waals surface area contributed by atoms with Crippen LogP contribution in [0.4, 0.5) is 0 Å². The Balaban J connectivity index is 0. The second kappa shape index (κ2) is 9.67. The molecule has 0 radical (unpaired) electrons.